The van der Waals surface area contributed by atoms with Gasteiger partial charge in [0, 0.05) is 12.6 Å². The molecule has 1 rings (SSSR count). The molecular formula is C7H12N4. The maximum atomic E-state index is 5.51. The SMILES string of the molecule is CCC(N)=NCc1cnc[nH]1. The van der Waals surface area contributed by atoms with Crippen molar-refractivity contribution in [3.05, 3.63) is 18.2 Å². The fraction of sp³-hybridized carbons (Fsp3) is 0.429. The normalized spacial score (nSPS) is 11.9. The number of nitrogens with one attached hydrogen (secondary N) is 1. The Balaban J connectivity index is 2.45. The fourth-order valence-corrected chi connectivity index (χ4v) is 0.670. The van der Waals surface area contributed by atoms with Gasteiger partial charge in [0.2, 0.25) is 0 Å². The lowest BCUT2D eigenvalue weighted by molar-refractivity contribution is 0.992. The first-order valence-corrected chi connectivity index (χ1v) is 3.59. The Morgan fingerprint density at radius 2 is 2.64 bits per heavy atom. The summed E-state index contributed by atoms with van der Waals surface area (Å²) >= 11 is 0. The Labute approximate surface area is 65.6 Å². The summed E-state index contributed by atoms with van der Waals surface area (Å²) in [5, 5.41) is 0. The van der Waals surface area contributed by atoms with Crippen LogP contribution in [-0.2, 0) is 6.54 Å². The molecule has 1 aromatic rings. The quantitative estimate of drug-likeness (QED) is 0.494. The average molecular weight is 152 g/mol. The fourth-order valence-electron chi connectivity index (χ4n) is 0.670. The number of imidazole rings is 1. The van der Waals surface area contributed by atoms with Gasteiger partial charge in [-0.15, -0.1) is 0 Å². The van der Waals surface area contributed by atoms with Crippen LogP contribution in [-0.4, -0.2) is 15.8 Å². The van der Waals surface area contributed by atoms with E-state index in [2.05, 4.69) is 15.0 Å². The number of hydrogen-bond acceptors (Lipinski definition) is 2. The van der Waals surface area contributed by atoms with Gasteiger partial charge in [0.15, 0.2) is 0 Å². The smallest absolute Gasteiger partial charge is 0.0939 e. The molecule has 4 heteroatoms. The second-order valence-corrected chi connectivity index (χ2v) is 2.24. The van der Waals surface area contributed by atoms with Crippen LogP contribution in [0.1, 0.15) is 19.0 Å². The van der Waals surface area contributed by atoms with Gasteiger partial charge in [0.05, 0.1) is 24.4 Å². The molecule has 4 nitrogen and oxygen atoms in total. The van der Waals surface area contributed by atoms with Crippen molar-refractivity contribution in [3.8, 4) is 0 Å². The molecule has 0 saturated carbocycles. The maximum Gasteiger partial charge on any atom is 0.0939 e. The zero-order valence-corrected chi connectivity index (χ0v) is 6.54. The number of aliphatic imine (C=N–C) groups is 1. The molecule has 60 valence electrons. The highest BCUT2D eigenvalue weighted by molar-refractivity contribution is 5.79. The van der Waals surface area contributed by atoms with Gasteiger partial charge in [-0.25, -0.2) is 4.98 Å². The predicted molar refractivity (Wildman–Crippen MR) is 44.2 cm³/mol. The van der Waals surface area contributed by atoms with Gasteiger partial charge < -0.3 is 10.7 Å². The largest absolute Gasteiger partial charge is 0.387 e. The van der Waals surface area contributed by atoms with E-state index in [0.29, 0.717) is 12.4 Å². The molecule has 3 N–H and O–H groups in total. The van der Waals surface area contributed by atoms with Crippen molar-refractivity contribution in [2.45, 2.75) is 19.9 Å². The first-order valence-electron chi connectivity index (χ1n) is 3.59. The number of H-pyrrole nitrogens is 1. The summed E-state index contributed by atoms with van der Waals surface area (Å²) in [6.07, 6.45) is 4.17. The van der Waals surface area contributed by atoms with E-state index < -0.39 is 0 Å². The van der Waals surface area contributed by atoms with E-state index in [1.54, 1.807) is 12.5 Å². The van der Waals surface area contributed by atoms with E-state index in [1.165, 1.54) is 0 Å². The van der Waals surface area contributed by atoms with Crippen molar-refractivity contribution in [1.82, 2.24) is 9.97 Å². The molecule has 0 atom stereocenters. The third-order valence-electron chi connectivity index (χ3n) is 1.37. The van der Waals surface area contributed by atoms with Crippen molar-refractivity contribution < 1.29 is 0 Å². The van der Waals surface area contributed by atoms with Crippen molar-refractivity contribution in [2.24, 2.45) is 10.7 Å². The van der Waals surface area contributed by atoms with Crippen LogP contribution in [0.3, 0.4) is 0 Å². The predicted octanol–water partition coefficient (Wildman–Crippen LogP) is 0.677. The van der Waals surface area contributed by atoms with Crippen LogP contribution in [0.15, 0.2) is 17.5 Å². The summed E-state index contributed by atoms with van der Waals surface area (Å²) in [5.74, 6) is 0.680. The van der Waals surface area contributed by atoms with Crippen molar-refractivity contribution in [2.75, 3.05) is 0 Å². The van der Waals surface area contributed by atoms with Gasteiger partial charge in [0.1, 0.15) is 0 Å². The number of aromatic nitrogens is 2. The average Bonchev–Trinajstić information content (AvgIpc) is 2.52. The number of nitrogens with zero attached hydrogens (tertiary/aromatic N) is 2. The Kier molecular flexibility index (Phi) is 2.66. The van der Waals surface area contributed by atoms with Gasteiger partial charge in [0.25, 0.3) is 0 Å². The second kappa shape index (κ2) is 3.75. The number of aromatic amines is 1. The highest BCUT2D eigenvalue weighted by Gasteiger charge is 1.90. The summed E-state index contributed by atoms with van der Waals surface area (Å²) in [5.41, 5.74) is 6.49. The Hall–Kier alpha value is -1.32. The molecule has 0 aromatic carbocycles. The molecule has 11 heavy (non-hydrogen) atoms. The summed E-state index contributed by atoms with van der Waals surface area (Å²) in [6, 6.07) is 0. The van der Waals surface area contributed by atoms with E-state index in [1.807, 2.05) is 6.92 Å². The molecule has 0 amide bonds. The number of nitrogens with two attached hydrogens (primary N) is 1. The molecule has 0 spiro atoms. The van der Waals surface area contributed by atoms with Gasteiger partial charge in [-0.05, 0) is 0 Å². The van der Waals surface area contributed by atoms with E-state index in [9.17, 15) is 0 Å². The Morgan fingerprint density at radius 3 is 3.18 bits per heavy atom. The van der Waals surface area contributed by atoms with Crippen LogP contribution in [0.25, 0.3) is 0 Å². The van der Waals surface area contributed by atoms with E-state index in [4.69, 9.17) is 5.73 Å². The minimum Gasteiger partial charge on any atom is -0.387 e. The third kappa shape index (κ3) is 2.41. The van der Waals surface area contributed by atoms with Crippen LogP contribution in [0.4, 0.5) is 0 Å². The third-order valence-corrected chi connectivity index (χ3v) is 1.37. The summed E-state index contributed by atoms with van der Waals surface area (Å²) in [7, 11) is 0. The maximum absolute atomic E-state index is 5.51. The highest BCUT2D eigenvalue weighted by Crippen LogP contribution is 1.93. The van der Waals surface area contributed by atoms with E-state index in [-0.39, 0.29) is 0 Å². The molecule has 0 aliphatic carbocycles. The monoisotopic (exact) mass is 152 g/mol. The number of hydrogen-bond donors (Lipinski definition) is 2. The minimum atomic E-state index is 0.597. The topological polar surface area (TPSA) is 67.1 Å². The van der Waals surface area contributed by atoms with Crippen LogP contribution in [0, 0.1) is 0 Å². The van der Waals surface area contributed by atoms with Crippen molar-refractivity contribution in [1.29, 1.82) is 0 Å². The standard InChI is InChI=1S/C7H12N4/c1-2-7(8)10-4-6-3-9-5-11-6/h3,5H,2,4H2,1H3,(H2,8,10)(H,9,11). The molecule has 0 saturated heterocycles. The van der Waals surface area contributed by atoms with Crippen LogP contribution < -0.4 is 5.73 Å². The summed E-state index contributed by atoms with van der Waals surface area (Å²) in [6.45, 7) is 2.57. The van der Waals surface area contributed by atoms with E-state index in [0.717, 1.165) is 12.1 Å². The lowest BCUT2D eigenvalue weighted by atomic mass is 10.4. The van der Waals surface area contributed by atoms with Crippen molar-refractivity contribution in [3.63, 3.8) is 0 Å². The zero-order chi connectivity index (χ0) is 8.10. The zero-order valence-electron chi connectivity index (χ0n) is 6.54. The minimum absolute atomic E-state index is 0.597. The van der Waals surface area contributed by atoms with Gasteiger partial charge in [-0.2, -0.15) is 0 Å². The lowest BCUT2D eigenvalue weighted by Crippen LogP contribution is -2.09. The van der Waals surface area contributed by atoms with Crippen molar-refractivity contribution >= 4 is 5.84 Å². The molecule has 0 aliphatic rings. The second-order valence-electron chi connectivity index (χ2n) is 2.24. The molecule has 0 aliphatic heterocycles. The molecule has 0 unspecified atom stereocenters. The molecule has 0 fully saturated rings. The summed E-state index contributed by atoms with van der Waals surface area (Å²) < 4.78 is 0. The summed E-state index contributed by atoms with van der Waals surface area (Å²) in [4.78, 5) is 10.9. The van der Waals surface area contributed by atoms with Gasteiger partial charge in [-0.1, -0.05) is 6.92 Å². The first-order chi connectivity index (χ1) is 5.33. The molecular weight excluding hydrogens is 140 g/mol. The number of rotatable bonds is 3. The molecule has 1 aromatic heterocycles. The van der Waals surface area contributed by atoms with Crippen LogP contribution >= 0.6 is 0 Å². The van der Waals surface area contributed by atoms with Crippen LogP contribution in [0.2, 0.25) is 0 Å². The molecule has 0 radical (unpaired) electrons. The van der Waals surface area contributed by atoms with Crippen LogP contribution in [0.5, 0.6) is 0 Å². The Bertz CT molecular complexity index is 225. The first kappa shape index (κ1) is 7.78. The molecule has 0 bridgehead atoms. The van der Waals surface area contributed by atoms with E-state index >= 15 is 0 Å². The lowest BCUT2D eigenvalue weighted by Gasteiger charge is -1.93. The Morgan fingerprint density at radius 1 is 1.82 bits per heavy atom. The highest BCUT2D eigenvalue weighted by atomic mass is 14.9. The number of amidine groups is 1. The molecule has 1 heterocycles. The van der Waals surface area contributed by atoms with Gasteiger partial charge in [-0.3, -0.25) is 4.99 Å². The van der Waals surface area contributed by atoms with Gasteiger partial charge >= 0.3 is 0 Å².